The largest absolute Gasteiger partial charge is 0.308 e. The Morgan fingerprint density at radius 1 is 0.250 bits per heavy atom. The van der Waals surface area contributed by atoms with E-state index in [0.29, 0.717) is 5.82 Å². The predicted octanol–water partition coefficient (Wildman–Crippen LogP) is 24.7. The Morgan fingerprint density at radius 3 is 0.950 bits per heavy atom. The maximum atomic E-state index is 6.17. The summed E-state index contributed by atoms with van der Waals surface area (Å²) >= 11 is 0. The molecule has 0 saturated carbocycles. The highest BCUT2D eigenvalue weighted by molar-refractivity contribution is 6.19. The Kier molecular flexibility index (Phi) is 14.2. The minimum atomic E-state index is -0.153. The fourth-order valence-electron chi connectivity index (χ4n) is 15.8. The van der Waals surface area contributed by atoms with Gasteiger partial charge in [-0.3, -0.25) is 4.98 Å². The van der Waals surface area contributed by atoms with E-state index in [2.05, 4.69) is 364 Å². The summed E-state index contributed by atoms with van der Waals surface area (Å²) in [5.41, 5.74) is 25.1. The molecular weight excluding hydrogens is 1220 g/mol. The summed E-state index contributed by atoms with van der Waals surface area (Å²) in [7, 11) is 0. The SMILES string of the molecule is Cc1ccc(-c2c(-n3c4ccccc4c4cc(C(C)(C)C)ccc43)c(-c3cc(-c4ccccc4)nc(-c4ccccc4)n3)c(-n3c4ccccc4c4cc(C(C)(C)C)ccc43)c(-n3c4ccccc4c4cc(C(C)(C)C)ccc43)c2-n2c3ccccc3c3cc(C(C)(C)C)ccc32)c(C)n1. The first-order valence-electron chi connectivity index (χ1n) is 35.3. The molecule has 100 heavy (non-hydrogen) atoms. The van der Waals surface area contributed by atoms with Crippen molar-refractivity contribution in [3.8, 4) is 67.8 Å². The van der Waals surface area contributed by atoms with Crippen LogP contribution in [0.25, 0.3) is 155 Å². The predicted molar refractivity (Wildman–Crippen MR) is 423 cm³/mol. The van der Waals surface area contributed by atoms with Crippen molar-refractivity contribution in [3.63, 3.8) is 0 Å². The molecule has 0 unspecified atom stereocenters. The number of fused-ring (bicyclic) bond motifs is 12. The molecule has 0 bridgehead atoms. The third-order valence-electron chi connectivity index (χ3n) is 21.0. The highest BCUT2D eigenvalue weighted by Crippen LogP contribution is 2.56. The van der Waals surface area contributed by atoms with Crippen LogP contribution in [0.5, 0.6) is 0 Å². The Hall–Kier alpha value is -11.2. The average Bonchev–Trinajstić information content (AvgIpc) is 1.42. The summed E-state index contributed by atoms with van der Waals surface area (Å²) in [4.78, 5) is 17.4. The van der Waals surface area contributed by atoms with Crippen LogP contribution >= 0.6 is 0 Å². The Morgan fingerprint density at radius 2 is 0.570 bits per heavy atom. The summed E-state index contributed by atoms with van der Waals surface area (Å²) in [5.74, 6) is 0.618. The van der Waals surface area contributed by atoms with E-state index in [-0.39, 0.29) is 21.7 Å². The van der Waals surface area contributed by atoms with Gasteiger partial charge in [0.2, 0.25) is 0 Å². The minimum absolute atomic E-state index is 0.142. The molecule has 490 valence electrons. The van der Waals surface area contributed by atoms with Gasteiger partial charge in [0.1, 0.15) is 0 Å². The number of aromatic nitrogens is 7. The molecular formula is C93H83N7. The van der Waals surface area contributed by atoms with Crippen LogP contribution in [0, 0.1) is 13.8 Å². The third-order valence-corrected chi connectivity index (χ3v) is 21.0. The summed E-state index contributed by atoms with van der Waals surface area (Å²) in [6.45, 7) is 32.2. The van der Waals surface area contributed by atoms with Gasteiger partial charge in [0.05, 0.1) is 83.8 Å². The molecule has 0 aliphatic heterocycles. The van der Waals surface area contributed by atoms with Crippen LogP contribution in [0.3, 0.4) is 0 Å². The van der Waals surface area contributed by atoms with Crippen molar-refractivity contribution < 1.29 is 0 Å². The normalized spacial score (nSPS) is 12.7. The van der Waals surface area contributed by atoms with Crippen LogP contribution in [0.1, 0.15) is 117 Å². The zero-order chi connectivity index (χ0) is 69.1. The Bertz CT molecular complexity index is 6140. The van der Waals surface area contributed by atoms with Gasteiger partial charge in [-0.2, -0.15) is 0 Å². The van der Waals surface area contributed by atoms with Crippen LogP contribution in [0.2, 0.25) is 0 Å². The molecule has 0 fully saturated rings. The second-order valence-corrected chi connectivity index (χ2v) is 31.8. The molecule has 17 aromatic rings. The van der Waals surface area contributed by atoms with E-state index in [1.165, 1.54) is 43.8 Å². The zero-order valence-electron chi connectivity index (χ0n) is 59.8. The molecule has 0 saturated heterocycles. The van der Waals surface area contributed by atoms with Crippen LogP contribution in [0.4, 0.5) is 0 Å². The molecule has 17 rings (SSSR count). The molecule has 0 amide bonds. The molecule has 0 radical (unpaired) electrons. The quantitative estimate of drug-likeness (QED) is 0.152. The van der Waals surface area contributed by atoms with Crippen molar-refractivity contribution in [2.24, 2.45) is 0 Å². The summed E-state index contributed by atoms with van der Waals surface area (Å²) in [5, 5.41) is 9.31. The molecule has 11 aromatic carbocycles. The maximum Gasteiger partial charge on any atom is 0.160 e. The minimum Gasteiger partial charge on any atom is -0.308 e. The van der Waals surface area contributed by atoms with Gasteiger partial charge in [0.15, 0.2) is 5.82 Å². The number of hydrogen-bond donors (Lipinski definition) is 0. The van der Waals surface area contributed by atoms with Crippen molar-refractivity contribution >= 4 is 87.2 Å². The molecule has 7 nitrogen and oxygen atoms in total. The number of benzene rings is 11. The molecule has 0 aliphatic rings. The third kappa shape index (κ3) is 9.93. The number of para-hydroxylation sites is 4. The molecule has 6 aromatic heterocycles. The summed E-state index contributed by atoms with van der Waals surface area (Å²) in [6, 6.07) is 93.4. The standard InChI is InChI=1S/C93H83N7/c1-56-41-46-64(57(2)94-56)83-85(97-75-37-25-21-33-65(75)69-51-60(90(3,4)5)42-47-79(69)97)84(74-55-73(58-29-17-15-18-30-58)95-89(96-74)59-31-19-16-20-32-59)87(99-77-39-27-23-35-67(77)71-53-62(92(9,10)11)44-49-81(71)99)88(100-78-40-28-24-36-68(78)72-54-63(93(12,13)14)45-50-82(72)100)86(83)98-76-38-26-22-34-66(76)70-52-61(91(6,7)8)43-48-80(70)98/h15-55H,1-14H3. The molecule has 0 aliphatic carbocycles. The van der Waals surface area contributed by atoms with E-state index in [4.69, 9.17) is 15.0 Å². The highest BCUT2D eigenvalue weighted by Gasteiger charge is 2.38. The monoisotopic (exact) mass is 1300 g/mol. The Balaban J connectivity index is 1.26. The van der Waals surface area contributed by atoms with Crippen LogP contribution in [0.15, 0.2) is 249 Å². The van der Waals surface area contributed by atoms with E-state index < -0.39 is 0 Å². The topological polar surface area (TPSA) is 58.4 Å². The second-order valence-electron chi connectivity index (χ2n) is 31.8. The number of pyridine rings is 1. The van der Waals surface area contributed by atoms with E-state index in [1.807, 2.05) is 0 Å². The summed E-state index contributed by atoms with van der Waals surface area (Å²) < 4.78 is 10.5. The van der Waals surface area contributed by atoms with Gasteiger partial charge in [-0.15, -0.1) is 0 Å². The molecule has 0 N–H and O–H groups in total. The first kappa shape index (κ1) is 62.4. The van der Waals surface area contributed by atoms with E-state index in [1.54, 1.807) is 0 Å². The first-order valence-corrected chi connectivity index (χ1v) is 35.3. The lowest BCUT2D eigenvalue weighted by Crippen LogP contribution is -2.17. The van der Waals surface area contributed by atoms with E-state index >= 15 is 0 Å². The van der Waals surface area contributed by atoms with Gasteiger partial charge in [-0.25, -0.2) is 9.97 Å². The van der Waals surface area contributed by atoms with Crippen LogP contribution < -0.4 is 0 Å². The van der Waals surface area contributed by atoms with Gasteiger partial charge < -0.3 is 18.3 Å². The molecule has 6 heterocycles. The van der Waals surface area contributed by atoms with Crippen molar-refractivity contribution in [3.05, 3.63) is 282 Å². The van der Waals surface area contributed by atoms with E-state index in [9.17, 15) is 0 Å². The number of hydrogen-bond acceptors (Lipinski definition) is 3. The molecule has 0 atom stereocenters. The lowest BCUT2D eigenvalue weighted by molar-refractivity contribution is 0.591. The number of nitrogens with zero attached hydrogens (tertiary/aromatic N) is 7. The van der Waals surface area contributed by atoms with Crippen LogP contribution in [-0.2, 0) is 21.7 Å². The van der Waals surface area contributed by atoms with Crippen LogP contribution in [-0.4, -0.2) is 33.2 Å². The lowest BCUT2D eigenvalue weighted by atomic mass is 9.86. The molecule has 7 heteroatoms. The lowest BCUT2D eigenvalue weighted by Gasteiger charge is -2.31. The van der Waals surface area contributed by atoms with Crippen molar-refractivity contribution in [1.29, 1.82) is 0 Å². The van der Waals surface area contributed by atoms with E-state index in [0.717, 1.165) is 139 Å². The zero-order valence-corrected chi connectivity index (χ0v) is 59.8. The highest BCUT2D eigenvalue weighted by atomic mass is 15.1. The van der Waals surface area contributed by atoms with Crippen molar-refractivity contribution in [1.82, 2.24) is 33.2 Å². The second kappa shape index (κ2) is 22.7. The van der Waals surface area contributed by atoms with Crippen molar-refractivity contribution in [2.75, 3.05) is 0 Å². The van der Waals surface area contributed by atoms with Crippen molar-refractivity contribution in [2.45, 2.75) is 119 Å². The first-order chi connectivity index (χ1) is 48.0. The molecule has 0 spiro atoms. The fourth-order valence-corrected chi connectivity index (χ4v) is 15.8. The number of rotatable bonds is 8. The van der Waals surface area contributed by atoms with Gasteiger partial charge in [-0.05, 0) is 143 Å². The van der Waals surface area contributed by atoms with Gasteiger partial charge in [0.25, 0.3) is 0 Å². The van der Waals surface area contributed by atoms with Gasteiger partial charge >= 0.3 is 0 Å². The maximum absolute atomic E-state index is 6.17. The van der Waals surface area contributed by atoms with Gasteiger partial charge in [-0.1, -0.05) is 247 Å². The number of aryl methyl sites for hydroxylation is 2. The Labute approximate surface area is 585 Å². The fraction of sp³-hybridized carbons (Fsp3) is 0.194. The average molecular weight is 1300 g/mol. The summed E-state index contributed by atoms with van der Waals surface area (Å²) in [6.07, 6.45) is 0. The smallest absolute Gasteiger partial charge is 0.160 e. The van der Waals surface area contributed by atoms with Gasteiger partial charge in [0, 0.05) is 76.7 Å².